The van der Waals surface area contributed by atoms with E-state index in [9.17, 15) is 9.59 Å². The van der Waals surface area contributed by atoms with Gasteiger partial charge in [0.05, 0.1) is 76.2 Å². The zero-order chi connectivity index (χ0) is 44.0. The Hall–Kier alpha value is -3.64. The van der Waals surface area contributed by atoms with Crippen LogP contribution in [-0.2, 0) is 7.59 Å². The van der Waals surface area contributed by atoms with Gasteiger partial charge >= 0.3 is 5.97 Å². The number of nitrogens with one attached hydrogen (secondary N) is 1. The molecule has 4 aromatic carbocycles. The predicted octanol–water partition coefficient (Wildman–Crippen LogP) is 12.1. The van der Waals surface area contributed by atoms with Gasteiger partial charge in [0.1, 0.15) is 0 Å². The molecule has 0 saturated heterocycles. The van der Waals surface area contributed by atoms with E-state index < -0.39 is 25.3 Å². The van der Waals surface area contributed by atoms with E-state index in [1.807, 2.05) is 12.1 Å². The molecule has 6 aromatic rings. The number of hydrogen-bond donors (Lipinski definition) is 3. The number of nitrogen functional groups attached to an aromatic ring is 1. The first-order valence-corrected chi connectivity index (χ1v) is 19.8. The number of rotatable bonds is 5. The minimum atomic E-state index is -1.98. The molecule has 0 aliphatic carbocycles. The fourth-order valence-electron chi connectivity index (χ4n) is 4.23. The fourth-order valence-corrected chi connectivity index (χ4v) is 5.96. The van der Waals surface area contributed by atoms with Gasteiger partial charge in [0.25, 0.3) is 11.7 Å². The Morgan fingerprint density at radius 2 is 1.05 bits per heavy atom. The summed E-state index contributed by atoms with van der Waals surface area (Å²) in [6.07, 6.45) is 0. The molecule has 0 bridgehead atoms. The van der Waals surface area contributed by atoms with Crippen LogP contribution in [0.1, 0.15) is 44.0 Å². The second kappa shape index (κ2) is 20.3. The highest BCUT2D eigenvalue weighted by Gasteiger charge is 2.34. The highest BCUT2D eigenvalue weighted by molar-refractivity contribution is 6.67. The third kappa shape index (κ3) is 12.7. The molecule has 0 saturated carbocycles. The molecular weight excluding hydrogens is 1020 g/mol. The van der Waals surface area contributed by atoms with Crippen molar-refractivity contribution in [1.82, 2.24) is 29.5 Å². The number of aromatic nitrogens is 6. The van der Waals surface area contributed by atoms with E-state index in [4.69, 9.17) is 161 Å². The van der Waals surface area contributed by atoms with E-state index in [2.05, 4.69) is 25.5 Å². The number of benzene rings is 4. The van der Waals surface area contributed by atoms with E-state index in [1.54, 1.807) is 18.2 Å². The summed E-state index contributed by atoms with van der Waals surface area (Å²) in [6.45, 7) is 0. The molecule has 0 atom stereocenters. The Morgan fingerprint density at radius 1 is 0.610 bits per heavy atom. The van der Waals surface area contributed by atoms with E-state index >= 15 is 0 Å². The Bertz CT molecular complexity index is 2650. The maximum Gasteiger partial charge on any atom is 0.375 e. The van der Waals surface area contributed by atoms with Crippen molar-refractivity contribution >= 4 is 162 Å². The van der Waals surface area contributed by atoms with Gasteiger partial charge in [0.15, 0.2) is 11.6 Å². The van der Waals surface area contributed by atoms with Gasteiger partial charge in [-0.3, -0.25) is 4.79 Å². The monoisotopic (exact) mass is 1030 g/mol. The van der Waals surface area contributed by atoms with Crippen LogP contribution in [0.3, 0.4) is 0 Å². The number of nitriles is 2. The number of carbonyl (C=O) groups is 2. The summed E-state index contributed by atoms with van der Waals surface area (Å²) in [5.41, 5.74) is 7.77. The second-order valence-corrected chi connectivity index (χ2v) is 18.0. The number of alkyl halides is 6. The number of halogens is 12. The lowest BCUT2D eigenvalue weighted by Gasteiger charge is -2.12. The summed E-state index contributed by atoms with van der Waals surface area (Å²) in [7, 11) is 0. The van der Waals surface area contributed by atoms with Crippen LogP contribution in [-0.4, -0.2) is 46.5 Å². The summed E-state index contributed by atoms with van der Waals surface area (Å²) in [4.78, 5) is 31.3. The molecular formula is C34H16Cl12N10O3. The molecule has 6 rings (SSSR count). The van der Waals surface area contributed by atoms with Crippen LogP contribution in [0.4, 0.5) is 11.4 Å². The molecule has 4 N–H and O–H groups in total. The first-order valence-electron chi connectivity index (χ1n) is 15.2. The van der Waals surface area contributed by atoms with Gasteiger partial charge in [0.2, 0.25) is 13.4 Å². The number of nitrogens with two attached hydrogens (primary N) is 1. The van der Waals surface area contributed by atoms with Crippen LogP contribution in [0.5, 0.6) is 0 Å². The topological polar surface area (TPSA) is 201 Å². The minimum absolute atomic E-state index is 0.128. The van der Waals surface area contributed by atoms with Crippen molar-refractivity contribution in [3.8, 4) is 23.5 Å². The van der Waals surface area contributed by atoms with Crippen LogP contribution in [0.15, 0.2) is 72.8 Å². The van der Waals surface area contributed by atoms with E-state index in [-0.39, 0.29) is 38.2 Å². The molecule has 0 fully saturated rings. The molecule has 0 aliphatic rings. The fraction of sp³-hybridized carbons (Fsp3) is 0.0588. The number of amides is 1. The molecule has 25 heteroatoms. The van der Waals surface area contributed by atoms with Crippen LogP contribution in [0, 0.1) is 22.7 Å². The highest BCUT2D eigenvalue weighted by atomic mass is 35.6. The molecule has 0 unspecified atom stereocenters. The summed E-state index contributed by atoms with van der Waals surface area (Å²) < 4.78 is -1.68. The van der Waals surface area contributed by atoms with Crippen molar-refractivity contribution in [3.05, 3.63) is 137 Å². The van der Waals surface area contributed by atoms with Gasteiger partial charge in [0, 0.05) is 0 Å². The zero-order valence-corrected chi connectivity index (χ0v) is 37.5. The molecule has 0 spiro atoms. The molecule has 59 heavy (non-hydrogen) atoms. The van der Waals surface area contributed by atoms with Crippen LogP contribution >= 0.6 is 139 Å². The number of anilines is 2. The number of carboxylic acids is 1. The summed E-state index contributed by atoms with van der Waals surface area (Å²) in [5, 5.41) is 38.4. The second-order valence-electron chi connectivity index (χ2n) is 10.9. The van der Waals surface area contributed by atoms with Crippen molar-refractivity contribution in [2.24, 2.45) is 0 Å². The number of nitrogens with zero attached hydrogens (tertiary/aromatic N) is 8. The van der Waals surface area contributed by atoms with Crippen molar-refractivity contribution in [2.75, 3.05) is 11.1 Å². The number of hydrogen-bond acceptors (Lipinski definition) is 9. The van der Waals surface area contributed by atoms with Gasteiger partial charge < -0.3 is 16.2 Å². The van der Waals surface area contributed by atoms with Crippen LogP contribution in [0.2, 0.25) is 30.1 Å². The van der Waals surface area contributed by atoms with Crippen molar-refractivity contribution in [1.29, 1.82) is 10.5 Å². The van der Waals surface area contributed by atoms with Crippen LogP contribution in [0.25, 0.3) is 11.4 Å². The molecule has 13 nitrogen and oxygen atoms in total. The Kier molecular flexibility index (Phi) is 16.5. The summed E-state index contributed by atoms with van der Waals surface area (Å²) in [5.74, 6) is -3.13. The Labute approximate surface area is 393 Å². The van der Waals surface area contributed by atoms with Crippen molar-refractivity contribution < 1.29 is 14.7 Å². The Morgan fingerprint density at radius 3 is 1.46 bits per heavy atom. The summed E-state index contributed by atoms with van der Waals surface area (Å²) >= 11 is 70.6. The first-order chi connectivity index (χ1) is 27.5. The maximum atomic E-state index is 12.6. The van der Waals surface area contributed by atoms with Gasteiger partial charge in [-0.05, 0) is 72.8 Å². The first kappa shape index (κ1) is 48.0. The maximum absolute atomic E-state index is 12.6. The number of carbonyl (C=O) groups excluding carboxylic acids is 1. The lowest BCUT2D eigenvalue weighted by Crippen LogP contribution is -2.14. The molecule has 2 aromatic heterocycles. The lowest BCUT2D eigenvalue weighted by atomic mass is 10.2. The van der Waals surface area contributed by atoms with E-state index in [0.29, 0.717) is 43.3 Å². The predicted molar refractivity (Wildman–Crippen MR) is 233 cm³/mol. The standard InChI is InChI=1S/C17H7Cl6N5O.C10H4Cl5N3O2.C7H5ClN2/c18-10-3-2-9(6-11(10)19)28-16(17(21,22)23)26-14(27-28)15(29)25-13-4-1-8(7-24)5-12(13)20;11-5-2-1-4(3-6(5)12)18-9(10(13,14)15)16-7(17-18)8(19)20;8-6-3-5(4-9)1-2-7(6)10/h1-6H,(H,25,29);1-3H,(H,19,20);1-3H,10H2. The average Bonchev–Trinajstić information content (AvgIpc) is 3.84. The van der Waals surface area contributed by atoms with Gasteiger partial charge in [-0.15, -0.1) is 10.2 Å². The summed E-state index contributed by atoms with van der Waals surface area (Å²) in [6, 6.07) is 22.1. The van der Waals surface area contributed by atoms with E-state index in [1.165, 1.54) is 59.3 Å². The largest absolute Gasteiger partial charge is 0.475 e. The SMILES string of the molecule is N#Cc1ccc(N)c(Cl)c1.N#Cc1ccc(NC(=O)c2nc(C(Cl)(Cl)Cl)n(-c3ccc(Cl)c(Cl)c3)n2)c(Cl)c1.O=C(O)c1nc(C(Cl)(Cl)Cl)n(-c2ccc(Cl)c(Cl)c2)n1. The quantitative estimate of drug-likeness (QED) is 0.110. The van der Waals surface area contributed by atoms with Crippen molar-refractivity contribution in [2.45, 2.75) is 7.59 Å². The third-order valence-electron chi connectivity index (χ3n) is 6.89. The molecule has 1 amide bonds. The van der Waals surface area contributed by atoms with Gasteiger partial charge in [-0.2, -0.15) is 10.5 Å². The normalized spacial score (nSPS) is 10.9. The number of carboxylic acid groups (broad SMARTS) is 1. The average molecular weight is 1040 g/mol. The van der Waals surface area contributed by atoms with Gasteiger partial charge in [-0.1, -0.05) is 139 Å². The smallest absolute Gasteiger partial charge is 0.375 e. The lowest BCUT2D eigenvalue weighted by molar-refractivity contribution is 0.0683. The highest BCUT2D eigenvalue weighted by Crippen LogP contribution is 2.40. The van der Waals surface area contributed by atoms with Crippen molar-refractivity contribution in [3.63, 3.8) is 0 Å². The minimum Gasteiger partial charge on any atom is -0.475 e. The molecule has 0 aliphatic heterocycles. The Balaban J connectivity index is 0.000000220. The molecule has 0 radical (unpaired) electrons. The molecule has 2 heterocycles. The van der Waals surface area contributed by atoms with E-state index in [0.717, 1.165) is 4.68 Å². The number of aromatic carboxylic acids is 1. The zero-order valence-electron chi connectivity index (χ0n) is 28.4. The third-order valence-corrected chi connectivity index (χ3v) is 10.0. The molecule has 304 valence electrons. The van der Waals surface area contributed by atoms with Gasteiger partial charge in [-0.25, -0.2) is 24.1 Å². The van der Waals surface area contributed by atoms with Crippen LogP contribution < -0.4 is 11.1 Å².